The van der Waals surface area contributed by atoms with Gasteiger partial charge in [0.25, 0.3) is 0 Å². The normalized spacial score (nSPS) is 10.8. The lowest BCUT2D eigenvalue weighted by molar-refractivity contribution is 0.746. The van der Waals surface area contributed by atoms with Crippen LogP contribution in [0.1, 0.15) is 23.2 Å². The lowest BCUT2D eigenvalue weighted by atomic mass is 10.1. The van der Waals surface area contributed by atoms with Gasteiger partial charge in [0.1, 0.15) is 0 Å². The monoisotopic (exact) mass is 248 g/mol. The average Bonchev–Trinajstić information content (AvgIpc) is 2.70. The van der Waals surface area contributed by atoms with E-state index < -0.39 is 0 Å². The summed E-state index contributed by atoms with van der Waals surface area (Å²) in [6, 6.07) is 6.26. The molecule has 0 saturated carbocycles. The van der Waals surface area contributed by atoms with Crippen LogP contribution in [0.15, 0.2) is 30.7 Å². The van der Waals surface area contributed by atoms with Crippen molar-refractivity contribution in [2.75, 3.05) is 0 Å². The highest BCUT2D eigenvalue weighted by Crippen LogP contribution is 2.17. The number of aromatic nitrogens is 2. The molecule has 2 aromatic rings. The number of halogens is 1. The van der Waals surface area contributed by atoms with E-state index in [1.165, 1.54) is 11.3 Å². The van der Waals surface area contributed by atoms with Crippen LogP contribution in [0.25, 0.3) is 0 Å². The first kappa shape index (κ1) is 12.2. The van der Waals surface area contributed by atoms with Crippen LogP contribution in [0.2, 0.25) is 5.02 Å². The second-order valence-electron chi connectivity index (χ2n) is 4.43. The molecule has 0 fully saturated rings. The first-order chi connectivity index (χ1) is 8.16. The maximum Gasteiger partial charge on any atom is 0.0945 e. The van der Waals surface area contributed by atoms with Crippen molar-refractivity contribution in [2.24, 2.45) is 7.05 Å². The number of hydrogen-bond acceptors (Lipinski definition) is 1. The molecule has 0 unspecified atom stereocenters. The summed E-state index contributed by atoms with van der Waals surface area (Å²) < 4.78 is 2.08. The fourth-order valence-corrected chi connectivity index (χ4v) is 2.08. The van der Waals surface area contributed by atoms with Crippen molar-refractivity contribution in [1.82, 2.24) is 9.55 Å². The fourth-order valence-electron chi connectivity index (χ4n) is 1.96. The number of nitrogens with zero attached hydrogens (tertiary/aromatic N) is 2. The van der Waals surface area contributed by atoms with E-state index in [4.69, 9.17) is 11.6 Å². The summed E-state index contributed by atoms with van der Waals surface area (Å²) >= 11 is 6.01. The predicted molar refractivity (Wildman–Crippen MR) is 71.4 cm³/mol. The average molecular weight is 249 g/mol. The zero-order chi connectivity index (χ0) is 12.3. The van der Waals surface area contributed by atoms with Crippen molar-refractivity contribution in [3.8, 4) is 0 Å². The predicted octanol–water partition coefficient (Wildman–Crippen LogP) is 3.56. The van der Waals surface area contributed by atoms with Crippen LogP contribution in [-0.2, 0) is 19.9 Å². The molecular formula is C14H17ClN2. The Morgan fingerprint density at radius 1 is 1.29 bits per heavy atom. The fraction of sp³-hybridized carbons (Fsp3) is 0.357. The Kier molecular flexibility index (Phi) is 3.85. The molecule has 0 radical (unpaired) electrons. The number of benzene rings is 1. The molecule has 2 nitrogen and oxygen atoms in total. The van der Waals surface area contributed by atoms with Gasteiger partial charge in [0.2, 0.25) is 0 Å². The maximum absolute atomic E-state index is 6.01. The summed E-state index contributed by atoms with van der Waals surface area (Å²) in [4.78, 5) is 4.12. The molecule has 0 saturated heterocycles. The van der Waals surface area contributed by atoms with Gasteiger partial charge in [0.05, 0.1) is 6.33 Å². The second-order valence-corrected chi connectivity index (χ2v) is 4.84. The molecule has 0 amide bonds. The van der Waals surface area contributed by atoms with Gasteiger partial charge < -0.3 is 4.57 Å². The number of hydrogen-bond donors (Lipinski definition) is 0. The van der Waals surface area contributed by atoms with E-state index >= 15 is 0 Å². The van der Waals surface area contributed by atoms with Gasteiger partial charge in [-0.25, -0.2) is 4.98 Å². The Hall–Kier alpha value is -1.28. The van der Waals surface area contributed by atoms with E-state index in [-0.39, 0.29) is 0 Å². The highest BCUT2D eigenvalue weighted by Gasteiger charge is 2.01. The van der Waals surface area contributed by atoms with Crippen molar-refractivity contribution >= 4 is 11.6 Å². The lowest BCUT2D eigenvalue weighted by Crippen LogP contribution is -1.96. The van der Waals surface area contributed by atoms with Gasteiger partial charge in [-0.15, -0.1) is 0 Å². The molecule has 0 aliphatic carbocycles. The molecule has 0 atom stereocenters. The molecule has 1 heterocycles. The third kappa shape index (κ3) is 3.10. The van der Waals surface area contributed by atoms with Gasteiger partial charge >= 0.3 is 0 Å². The molecule has 0 N–H and O–H groups in total. The van der Waals surface area contributed by atoms with E-state index in [1.54, 1.807) is 0 Å². The van der Waals surface area contributed by atoms with E-state index in [9.17, 15) is 0 Å². The van der Waals surface area contributed by atoms with E-state index in [2.05, 4.69) is 21.7 Å². The molecule has 0 bridgehead atoms. The summed E-state index contributed by atoms with van der Waals surface area (Å²) in [5.74, 6) is 0. The zero-order valence-corrected chi connectivity index (χ0v) is 11.0. The van der Waals surface area contributed by atoms with Crippen LogP contribution < -0.4 is 0 Å². The molecule has 2 rings (SSSR count). The maximum atomic E-state index is 6.01. The van der Waals surface area contributed by atoms with Crippen molar-refractivity contribution in [3.63, 3.8) is 0 Å². The third-order valence-corrected chi connectivity index (χ3v) is 3.46. The largest absolute Gasteiger partial charge is 0.338 e. The van der Waals surface area contributed by atoms with Gasteiger partial charge in [-0.2, -0.15) is 0 Å². The van der Waals surface area contributed by atoms with E-state index in [0.717, 1.165) is 29.8 Å². The van der Waals surface area contributed by atoms with Gasteiger partial charge in [-0.3, -0.25) is 0 Å². The Morgan fingerprint density at radius 3 is 2.76 bits per heavy atom. The Bertz CT molecular complexity index is 503. The van der Waals surface area contributed by atoms with Crippen LogP contribution >= 0.6 is 11.6 Å². The molecule has 1 aromatic heterocycles. The minimum atomic E-state index is 0.848. The van der Waals surface area contributed by atoms with Crippen LogP contribution in [0.3, 0.4) is 0 Å². The highest BCUT2D eigenvalue weighted by molar-refractivity contribution is 6.31. The molecule has 3 heteroatoms. The topological polar surface area (TPSA) is 17.8 Å². The molecule has 17 heavy (non-hydrogen) atoms. The Balaban J connectivity index is 1.90. The van der Waals surface area contributed by atoms with Crippen molar-refractivity contribution in [3.05, 3.63) is 52.6 Å². The third-order valence-electron chi connectivity index (χ3n) is 3.04. The van der Waals surface area contributed by atoms with Crippen molar-refractivity contribution in [2.45, 2.75) is 26.2 Å². The number of imidazole rings is 1. The highest BCUT2D eigenvalue weighted by atomic mass is 35.5. The standard InChI is InChI=1S/C14H17ClN2/c1-11-8-12(6-7-14(11)15)4-3-5-13-9-16-10-17(13)2/h6-10H,3-5H2,1-2H3. The summed E-state index contributed by atoms with van der Waals surface area (Å²) in [6.45, 7) is 2.05. The molecule has 0 spiro atoms. The summed E-state index contributed by atoms with van der Waals surface area (Å²) in [6.07, 6.45) is 7.08. The molecule has 1 aromatic carbocycles. The first-order valence-electron chi connectivity index (χ1n) is 5.87. The molecule has 0 aliphatic heterocycles. The van der Waals surface area contributed by atoms with E-state index in [0.29, 0.717) is 0 Å². The minimum Gasteiger partial charge on any atom is -0.338 e. The van der Waals surface area contributed by atoms with Crippen LogP contribution in [0, 0.1) is 6.92 Å². The Morgan fingerprint density at radius 2 is 2.12 bits per heavy atom. The Labute approximate surface area is 107 Å². The van der Waals surface area contributed by atoms with Gasteiger partial charge in [-0.1, -0.05) is 23.7 Å². The van der Waals surface area contributed by atoms with Crippen LogP contribution in [0.5, 0.6) is 0 Å². The second kappa shape index (κ2) is 5.37. The molecular weight excluding hydrogens is 232 g/mol. The van der Waals surface area contributed by atoms with Gasteiger partial charge in [-0.05, 0) is 43.4 Å². The van der Waals surface area contributed by atoms with Crippen molar-refractivity contribution in [1.29, 1.82) is 0 Å². The van der Waals surface area contributed by atoms with Crippen LogP contribution in [-0.4, -0.2) is 9.55 Å². The first-order valence-corrected chi connectivity index (χ1v) is 6.25. The summed E-state index contributed by atoms with van der Waals surface area (Å²) in [5, 5.41) is 0.848. The number of rotatable bonds is 4. The lowest BCUT2D eigenvalue weighted by Gasteiger charge is -2.05. The van der Waals surface area contributed by atoms with Gasteiger partial charge in [0, 0.05) is 24.0 Å². The summed E-state index contributed by atoms with van der Waals surface area (Å²) in [7, 11) is 2.04. The van der Waals surface area contributed by atoms with Crippen molar-refractivity contribution < 1.29 is 0 Å². The summed E-state index contributed by atoms with van der Waals surface area (Å²) in [5.41, 5.74) is 3.80. The zero-order valence-electron chi connectivity index (χ0n) is 10.3. The molecule has 0 aliphatic rings. The molecule has 90 valence electrons. The smallest absolute Gasteiger partial charge is 0.0945 e. The SMILES string of the molecule is Cc1cc(CCCc2cncn2C)ccc1Cl. The van der Waals surface area contributed by atoms with Gasteiger partial charge in [0.15, 0.2) is 0 Å². The van der Waals surface area contributed by atoms with E-state index in [1.807, 2.05) is 32.6 Å². The van der Waals surface area contributed by atoms with Crippen LogP contribution in [0.4, 0.5) is 0 Å². The minimum absolute atomic E-state index is 0.848. The quantitative estimate of drug-likeness (QED) is 0.809. The number of aryl methyl sites for hydroxylation is 4.